The maximum absolute atomic E-state index is 5.18. The largest absolute Gasteiger partial charge is 0.380 e. The summed E-state index contributed by atoms with van der Waals surface area (Å²) >= 11 is 4.92. The molecule has 17 heavy (non-hydrogen) atoms. The molecule has 1 heterocycles. The van der Waals surface area contributed by atoms with Gasteiger partial charge in [-0.15, -0.1) is 11.3 Å². The summed E-state index contributed by atoms with van der Waals surface area (Å²) in [6.45, 7) is 1.40. The Balaban J connectivity index is 2.03. The van der Waals surface area contributed by atoms with Crippen LogP contribution in [0, 0.1) is 0 Å². The summed E-state index contributed by atoms with van der Waals surface area (Å²) in [5, 5.41) is 6.18. The van der Waals surface area contributed by atoms with Gasteiger partial charge >= 0.3 is 0 Å². The third-order valence-corrected chi connectivity index (χ3v) is 3.83. The van der Waals surface area contributed by atoms with Crippen molar-refractivity contribution in [2.75, 3.05) is 12.4 Å². The number of halogens is 1. The Bertz CT molecular complexity index is 487. The van der Waals surface area contributed by atoms with Gasteiger partial charge in [0.1, 0.15) is 4.60 Å². The average Bonchev–Trinajstić information content (AvgIpc) is 2.74. The van der Waals surface area contributed by atoms with E-state index < -0.39 is 0 Å². The highest BCUT2D eigenvalue weighted by molar-refractivity contribution is 9.10. The smallest absolute Gasteiger partial charge is 0.184 e. The van der Waals surface area contributed by atoms with Crippen LogP contribution < -0.4 is 5.32 Å². The van der Waals surface area contributed by atoms with Crippen molar-refractivity contribution in [3.63, 3.8) is 0 Å². The van der Waals surface area contributed by atoms with E-state index in [1.165, 1.54) is 11.1 Å². The Morgan fingerprint density at radius 2 is 2.12 bits per heavy atom. The first-order valence-corrected chi connectivity index (χ1v) is 6.87. The highest BCUT2D eigenvalue weighted by Gasteiger charge is 2.03. The van der Waals surface area contributed by atoms with Crippen LogP contribution >= 0.6 is 27.3 Å². The summed E-state index contributed by atoms with van der Waals surface area (Å²) in [7, 11) is 1.71. The first kappa shape index (κ1) is 12.5. The maximum atomic E-state index is 5.18. The van der Waals surface area contributed by atoms with Crippen LogP contribution in [0.25, 0.3) is 0 Å². The number of rotatable bonds is 5. The number of nitrogens with one attached hydrogen (secondary N) is 1. The van der Waals surface area contributed by atoms with Gasteiger partial charge in [0.15, 0.2) is 5.13 Å². The molecule has 0 saturated carbocycles. The van der Waals surface area contributed by atoms with E-state index in [4.69, 9.17) is 4.74 Å². The molecule has 1 aromatic carbocycles. The molecule has 2 rings (SSSR count). The Labute approximate surface area is 113 Å². The van der Waals surface area contributed by atoms with E-state index in [1.807, 2.05) is 17.5 Å². The number of methoxy groups -OCH3 is 1. The summed E-state index contributed by atoms with van der Waals surface area (Å²) in [6.07, 6.45) is 0. The molecule has 2 aromatic rings. The van der Waals surface area contributed by atoms with Gasteiger partial charge in [0, 0.05) is 19.0 Å². The second kappa shape index (κ2) is 6.14. The molecule has 0 saturated heterocycles. The third kappa shape index (κ3) is 3.52. The number of ether oxygens (including phenoxy) is 1. The number of thiazole rings is 1. The minimum Gasteiger partial charge on any atom is -0.380 e. The molecule has 0 atom stereocenters. The van der Waals surface area contributed by atoms with Crippen LogP contribution in [0.1, 0.15) is 11.1 Å². The van der Waals surface area contributed by atoms with Crippen LogP contribution in [0.5, 0.6) is 0 Å². The zero-order valence-corrected chi connectivity index (χ0v) is 11.8. The fraction of sp³-hybridized carbons (Fsp3) is 0.250. The molecule has 1 aromatic heterocycles. The topological polar surface area (TPSA) is 34.1 Å². The third-order valence-electron chi connectivity index (χ3n) is 2.32. The van der Waals surface area contributed by atoms with Crippen LogP contribution in [0.15, 0.2) is 34.2 Å². The second-order valence-corrected chi connectivity index (χ2v) is 5.20. The highest BCUT2D eigenvalue weighted by atomic mass is 79.9. The molecule has 0 fully saturated rings. The van der Waals surface area contributed by atoms with Crippen molar-refractivity contribution in [3.8, 4) is 0 Å². The van der Waals surface area contributed by atoms with Crippen molar-refractivity contribution in [2.24, 2.45) is 0 Å². The molecule has 0 unspecified atom stereocenters. The Morgan fingerprint density at radius 1 is 1.35 bits per heavy atom. The highest BCUT2D eigenvalue weighted by Crippen LogP contribution is 2.20. The van der Waals surface area contributed by atoms with Crippen molar-refractivity contribution in [3.05, 3.63) is 45.4 Å². The van der Waals surface area contributed by atoms with Gasteiger partial charge in [-0.3, -0.25) is 0 Å². The van der Waals surface area contributed by atoms with E-state index in [-0.39, 0.29) is 0 Å². The van der Waals surface area contributed by atoms with Crippen molar-refractivity contribution < 1.29 is 4.74 Å². The predicted molar refractivity (Wildman–Crippen MR) is 74.3 cm³/mol. The van der Waals surface area contributed by atoms with E-state index >= 15 is 0 Å². The van der Waals surface area contributed by atoms with E-state index in [9.17, 15) is 0 Å². The van der Waals surface area contributed by atoms with Crippen molar-refractivity contribution in [2.45, 2.75) is 13.2 Å². The van der Waals surface area contributed by atoms with E-state index in [2.05, 4.69) is 38.4 Å². The summed E-state index contributed by atoms with van der Waals surface area (Å²) < 4.78 is 6.05. The van der Waals surface area contributed by atoms with E-state index in [0.29, 0.717) is 6.61 Å². The summed E-state index contributed by atoms with van der Waals surface area (Å²) in [6, 6.07) is 8.24. The van der Waals surface area contributed by atoms with E-state index in [0.717, 1.165) is 16.3 Å². The van der Waals surface area contributed by atoms with Gasteiger partial charge in [0.05, 0.1) is 6.61 Å². The number of aromatic nitrogens is 1. The number of benzene rings is 1. The maximum Gasteiger partial charge on any atom is 0.184 e. The van der Waals surface area contributed by atoms with Gasteiger partial charge in [0.2, 0.25) is 0 Å². The van der Waals surface area contributed by atoms with Gasteiger partial charge < -0.3 is 10.1 Å². The molecule has 90 valence electrons. The standard InChI is InChI=1S/C12H13BrN2OS/c1-16-7-10-5-3-2-4-9(10)6-14-12-15-11(13)8-17-12/h2-5,8H,6-7H2,1H3,(H,14,15). The zero-order valence-electron chi connectivity index (χ0n) is 9.44. The number of anilines is 1. The lowest BCUT2D eigenvalue weighted by atomic mass is 10.1. The Hall–Kier alpha value is -0.910. The first-order chi connectivity index (χ1) is 8.29. The molecule has 3 nitrogen and oxygen atoms in total. The molecule has 0 aliphatic carbocycles. The van der Waals surface area contributed by atoms with Crippen LogP contribution in [0.2, 0.25) is 0 Å². The number of nitrogens with zero attached hydrogens (tertiary/aromatic N) is 1. The average molecular weight is 313 g/mol. The lowest BCUT2D eigenvalue weighted by Gasteiger charge is -2.08. The fourth-order valence-corrected chi connectivity index (χ4v) is 2.68. The molecule has 0 aliphatic rings. The molecule has 0 aliphatic heterocycles. The second-order valence-electron chi connectivity index (χ2n) is 3.53. The van der Waals surface area contributed by atoms with Crippen molar-refractivity contribution in [1.82, 2.24) is 4.98 Å². The Morgan fingerprint density at radius 3 is 2.76 bits per heavy atom. The lowest BCUT2D eigenvalue weighted by Crippen LogP contribution is -2.03. The summed E-state index contributed by atoms with van der Waals surface area (Å²) in [5.74, 6) is 0. The van der Waals surface area contributed by atoms with Crippen molar-refractivity contribution >= 4 is 32.4 Å². The normalized spacial score (nSPS) is 10.5. The fourth-order valence-electron chi connectivity index (χ4n) is 1.53. The molecule has 0 bridgehead atoms. The van der Waals surface area contributed by atoms with E-state index in [1.54, 1.807) is 18.4 Å². The zero-order chi connectivity index (χ0) is 12.1. The van der Waals surface area contributed by atoms with Gasteiger partial charge in [-0.1, -0.05) is 24.3 Å². The van der Waals surface area contributed by atoms with Gasteiger partial charge in [-0.25, -0.2) is 4.98 Å². The number of hydrogen-bond acceptors (Lipinski definition) is 4. The quantitative estimate of drug-likeness (QED) is 0.914. The monoisotopic (exact) mass is 312 g/mol. The van der Waals surface area contributed by atoms with Gasteiger partial charge in [-0.05, 0) is 27.1 Å². The molecule has 5 heteroatoms. The van der Waals surface area contributed by atoms with Crippen LogP contribution in [0.4, 0.5) is 5.13 Å². The molecule has 1 N–H and O–H groups in total. The number of hydrogen-bond donors (Lipinski definition) is 1. The van der Waals surface area contributed by atoms with Gasteiger partial charge in [-0.2, -0.15) is 0 Å². The minimum absolute atomic E-state index is 0.638. The van der Waals surface area contributed by atoms with Crippen LogP contribution in [-0.4, -0.2) is 12.1 Å². The molecular formula is C12H13BrN2OS. The minimum atomic E-state index is 0.638. The summed E-state index contributed by atoms with van der Waals surface area (Å²) in [5.41, 5.74) is 2.44. The lowest BCUT2D eigenvalue weighted by molar-refractivity contribution is 0.184. The predicted octanol–water partition coefficient (Wildman–Crippen LogP) is 3.66. The molecule has 0 amide bonds. The van der Waals surface area contributed by atoms with Crippen LogP contribution in [0.3, 0.4) is 0 Å². The SMILES string of the molecule is COCc1ccccc1CNc1nc(Br)cs1. The van der Waals surface area contributed by atoms with Crippen molar-refractivity contribution in [1.29, 1.82) is 0 Å². The summed E-state index contributed by atoms with van der Waals surface area (Å²) in [4.78, 5) is 4.29. The molecule has 0 spiro atoms. The van der Waals surface area contributed by atoms with Gasteiger partial charge in [0.25, 0.3) is 0 Å². The van der Waals surface area contributed by atoms with Crippen LogP contribution in [-0.2, 0) is 17.9 Å². The molecule has 0 radical (unpaired) electrons. The molecular weight excluding hydrogens is 300 g/mol. The Kier molecular flexibility index (Phi) is 4.53. The first-order valence-electron chi connectivity index (χ1n) is 5.20.